The van der Waals surface area contributed by atoms with E-state index < -0.39 is 0 Å². The van der Waals surface area contributed by atoms with Crippen LogP contribution in [0.1, 0.15) is 21.5 Å². The molecule has 0 unspecified atom stereocenters. The van der Waals surface area contributed by atoms with Gasteiger partial charge in [-0.3, -0.25) is 14.6 Å². The van der Waals surface area contributed by atoms with E-state index in [1.807, 2.05) is 24.3 Å². The predicted octanol–water partition coefficient (Wildman–Crippen LogP) is 2.33. The Morgan fingerprint density at radius 1 is 0.839 bits per heavy atom. The Bertz CT molecular complexity index is 939. The molecule has 31 heavy (non-hydrogen) atoms. The maximum atomic E-state index is 13.2. The van der Waals surface area contributed by atoms with Crippen molar-refractivity contribution in [1.29, 1.82) is 0 Å². The number of para-hydroxylation sites is 2. The Balaban J connectivity index is 1.14. The van der Waals surface area contributed by atoms with Crippen molar-refractivity contribution >= 4 is 11.6 Å². The van der Waals surface area contributed by atoms with Gasteiger partial charge in [0.15, 0.2) is 0 Å². The van der Waals surface area contributed by atoms with Crippen LogP contribution in [0.4, 0.5) is 5.69 Å². The van der Waals surface area contributed by atoms with Crippen molar-refractivity contribution < 1.29 is 9.53 Å². The third-order valence-corrected chi connectivity index (χ3v) is 6.98. The summed E-state index contributed by atoms with van der Waals surface area (Å²) in [6.45, 7) is 9.68. The number of hydrogen-bond donors (Lipinski definition) is 0. The van der Waals surface area contributed by atoms with Gasteiger partial charge in [0.25, 0.3) is 5.91 Å². The zero-order valence-electron chi connectivity index (χ0n) is 18.4. The van der Waals surface area contributed by atoms with E-state index >= 15 is 0 Å². The molecule has 2 aromatic rings. The number of benzene rings is 2. The average Bonchev–Trinajstić information content (AvgIpc) is 3.17. The highest BCUT2D eigenvalue weighted by molar-refractivity contribution is 6.01. The van der Waals surface area contributed by atoms with E-state index in [4.69, 9.17) is 4.74 Å². The highest BCUT2D eigenvalue weighted by atomic mass is 16.5. The first-order chi connectivity index (χ1) is 15.2. The topological polar surface area (TPSA) is 39.3 Å². The van der Waals surface area contributed by atoms with Gasteiger partial charge in [0.2, 0.25) is 0 Å². The van der Waals surface area contributed by atoms with Crippen LogP contribution in [-0.2, 0) is 13.0 Å². The van der Waals surface area contributed by atoms with Crippen LogP contribution < -0.4 is 9.64 Å². The van der Waals surface area contributed by atoms with Crippen molar-refractivity contribution in [1.82, 2.24) is 14.7 Å². The first kappa shape index (κ1) is 20.3. The van der Waals surface area contributed by atoms with Gasteiger partial charge in [0.1, 0.15) is 5.75 Å². The Kier molecular flexibility index (Phi) is 5.83. The minimum atomic E-state index is 0.205. The molecule has 0 spiro atoms. The lowest BCUT2D eigenvalue weighted by molar-refractivity contribution is 0.0714. The van der Waals surface area contributed by atoms with Crippen LogP contribution in [-0.4, -0.2) is 86.6 Å². The minimum absolute atomic E-state index is 0.205. The molecule has 1 fully saturated rings. The van der Waals surface area contributed by atoms with Gasteiger partial charge in [-0.15, -0.1) is 0 Å². The van der Waals surface area contributed by atoms with Gasteiger partial charge in [-0.05, 0) is 24.1 Å². The molecule has 1 saturated heterocycles. The number of ether oxygens (including phenoxy) is 1. The first-order valence-electron chi connectivity index (χ1n) is 11.5. The molecule has 1 amide bonds. The molecule has 6 heteroatoms. The second kappa shape index (κ2) is 8.89. The highest BCUT2D eigenvalue weighted by Crippen LogP contribution is 2.34. The summed E-state index contributed by atoms with van der Waals surface area (Å²) >= 11 is 0. The summed E-state index contributed by atoms with van der Waals surface area (Å²) in [6.07, 6.45) is 1.07. The molecule has 3 aliphatic rings. The maximum Gasteiger partial charge on any atom is 0.256 e. The van der Waals surface area contributed by atoms with E-state index in [0.29, 0.717) is 0 Å². The maximum absolute atomic E-state index is 13.2. The van der Waals surface area contributed by atoms with Crippen LogP contribution in [0.15, 0.2) is 42.5 Å². The van der Waals surface area contributed by atoms with Crippen molar-refractivity contribution in [3.63, 3.8) is 0 Å². The lowest BCUT2D eigenvalue weighted by atomic mass is 10.1. The standard InChI is InChI=1S/C25H32N4O2/c1-31-23-8-3-2-5-21(23)19-27-13-11-26(12-14-27)15-16-29-18-17-28-10-9-20-6-4-7-22(24(20)28)25(29)30/h2-8H,9-19H2,1H3. The number of hydrogen-bond acceptors (Lipinski definition) is 5. The Morgan fingerprint density at radius 2 is 1.65 bits per heavy atom. The third-order valence-electron chi connectivity index (χ3n) is 6.98. The summed E-state index contributed by atoms with van der Waals surface area (Å²) in [5.74, 6) is 1.17. The van der Waals surface area contributed by atoms with Gasteiger partial charge in [0.05, 0.1) is 18.4 Å². The summed E-state index contributed by atoms with van der Waals surface area (Å²) in [6, 6.07) is 14.5. The van der Waals surface area contributed by atoms with E-state index in [1.54, 1.807) is 7.11 Å². The zero-order valence-corrected chi connectivity index (χ0v) is 18.4. The van der Waals surface area contributed by atoms with Gasteiger partial charge in [-0.2, -0.15) is 0 Å². The molecular formula is C25H32N4O2. The zero-order chi connectivity index (χ0) is 21.2. The van der Waals surface area contributed by atoms with Crippen molar-refractivity contribution in [2.45, 2.75) is 13.0 Å². The molecule has 0 atom stereocenters. The number of nitrogens with zero attached hydrogens (tertiary/aromatic N) is 4. The Labute approximate surface area is 185 Å². The summed E-state index contributed by atoms with van der Waals surface area (Å²) in [5.41, 5.74) is 4.67. The van der Waals surface area contributed by atoms with Gasteiger partial charge < -0.3 is 14.5 Å². The molecule has 3 heterocycles. The van der Waals surface area contributed by atoms with Crippen LogP contribution in [0.2, 0.25) is 0 Å². The summed E-state index contributed by atoms with van der Waals surface area (Å²) in [7, 11) is 1.74. The van der Waals surface area contributed by atoms with Gasteiger partial charge in [-0.1, -0.05) is 30.3 Å². The average molecular weight is 421 g/mol. The molecule has 0 aromatic heterocycles. The fraction of sp³-hybridized carbons (Fsp3) is 0.480. The van der Waals surface area contributed by atoms with Crippen molar-refractivity contribution in [3.8, 4) is 5.75 Å². The molecule has 0 saturated carbocycles. The van der Waals surface area contributed by atoms with Crippen molar-refractivity contribution in [2.75, 3.05) is 70.9 Å². The molecule has 6 nitrogen and oxygen atoms in total. The molecule has 0 N–H and O–H groups in total. The molecule has 2 aromatic carbocycles. The Hall–Kier alpha value is -2.57. The third kappa shape index (κ3) is 4.14. The monoisotopic (exact) mass is 420 g/mol. The van der Waals surface area contributed by atoms with E-state index in [2.05, 4.69) is 37.8 Å². The van der Waals surface area contributed by atoms with Crippen molar-refractivity contribution in [3.05, 3.63) is 59.2 Å². The molecule has 164 valence electrons. The normalized spacial score (nSPS) is 19.5. The van der Waals surface area contributed by atoms with E-state index in [-0.39, 0.29) is 5.91 Å². The van der Waals surface area contributed by atoms with Crippen LogP contribution in [0.5, 0.6) is 5.75 Å². The smallest absolute Gasteiger partial charge is 0.256 e. The quantitative estimate of drug-likeness (QED) is 0.717. The second-order valence-corrected chi connectivity index (χ2v) is 8.77. The van der Waals surface area contributed by atoms with Gasteiger partial charge in [0, 0.05) is 71.0 Å². The second-order valence-electron chi connectivity index (χ2n) is 8.77. The number of carbonyl (C=O) groups excluding carboxylic acids is 1. The van der Waals surface area contributed by atoms with Gasteiger partial charge in [-0.25, -0.2) is 0 Å². The minimum Gasteiger partial charge on any atom is -0.496 e. The number of methoxy groups -OCH3 is 1. The number of piperazine rings is 1. The largest absolute Gasteiger partial charge is 0.496 e. The summed E-state index contributed by atoms with van der Waals surface area (Å²) in [4.78, 5) is 22.7. The highest BCUT2D eigenvalue weighted by Gasteiger charge is 2.31. The number of amides is 1. The van der Waals surface area contributed by atoms with Crippen LogP contribution in [0, 0.1) is 0 Å². The predicted molar refractivity (Wildman–Crippen MR) is 123 cm³/mol. The number of carbonyl (C=O) groups is 1. The molecule has 5 rings (SSSR count). The lowest BCUT2D eigenvalue weighted by Gasteiger charge is -2.36. The van der Waals surface area contributed by atoms with E-state index in [0.717, 1.165) is 83.2 Å². The fourth-order valence-electron chi connectivity index (χ4n) is 5.16. The van der Waals surface area contributed by atoms with Crippen LogP contribution >= 0.6 is 0 Å². The summed E-state index contributed by atoms with van der Waals surface area (Å²) < 4.78 is 5.50. The SMILES string of the molecule is COc1ccccc1CN1CCN(CCN2CCN3CCc4cccc(c43)C2=O)CC1. The number of anilines is 1. The summed E-state index contributed by atoms with van der Waals surface area (Å²) in [5, 5.41) is 0. The molecule has 0 bridgehead atoms. The van der Waals surface area contributed by atoms with E-state index in [1.165, 1.54) is 16.8 Å². The van der Waals surface area contributed by atoms with Gasteiger partial charge >= 0.3 is 0 Å². The Morgan fingerprint density at radius 3 is 2.48 bits per heavy atom. The molecule has 0 radical (unpaired) electrons. The molecular weight excluding hydrogens is 388 g/mol. The van der Waals surface area contributed by atoms with Crippen LogP contribution in [0.3, 0.4) is 0 Å². The van der Waals surface area contributed by atoms with Crippen LogP contribution in [0.25, 0.3) is 0 Å². The van der Waals surface area contributed by atoms with E-state index in [9.17, 15) is 4.79 Å². The molecule has 3 aliphatic heterocycles. The molecule has 0 aliphatic carbocycles. The first-order valence-corrected chi connectivity index (χ1v) is 11.5. The lowest BCUT2D eigenvalue weighted by Crippen LogP contribution is -2.48. The van der Waals surface area contributed by atoms with Crippen molar-refractivity contribution in [2.24, 2.45) is 0 Å². The fourth-order valence-corrected chi connectivity index (χ4v) is 5.16. The number of rotatable bonds is 6.